The van der Waals surface area contributed by atoms with E-state index in [9.17, 15) is 5.11 Å². The van der Waals surface area contributed by atoms with Crippen LogP contribution in [0.25, 0.3) is 0 Å². The molecule has 2 nitrogen and oxygen atoms in total. The second-order valence-electron chi connectivity index (χ2n) is 2.12. The Bertz CT molecular complexity index is 220. The van der Waals surface area contributed by atoms with Crippen LogP contribution in [-0.4, -0.2) is 0 Å². The summed E-state index contributed by atoms with van der Waals surface area (Å²) in [6.07, 6.45) is 1.56. The molecule has 0 unspecified atom stereocenters. The van der Waals surface area contributed by atoms with Crippen LogP contribution in [0.1, 0.15) is 5.69 Å². The molecule has 48 valence electrons. The van der Waals surface area contributed by atoms with E-state index in [-0.39, 0.29) is 5.75 Å². The molecule has 1 heterocycles. The molecule has 0 aliphatic heterocycles. The fourth-order valence-corrected chi connectivity index (χ4v) is 0.656. The lowest BCUT2D eigenvalue weighted by Gasteiger charge is -2.00. The smallest absolute Gasteiger partial charge is 0.177 e. The fraction of sp³-hybridized carbons (Fsp3) is 0.286. The summed E-state index contributed by atoms with van der Waals surface area (Å²) in [5, 5.41) is 10.6. The summed E-state index contributed by atoms with van der Waals surface area (Å²) in [6.45, 7) is 1.96. The van der Waals surface area contributed by atoms with Gasteiger partial charge in [0.1, 0.15) is 7.05 Å². The molecule has 0 fully saturated rings. The van der Waals surface area contributed by atoms with Crippen LogP contribution in [0.2, 0.25) is 0 Å². The molecule has 0 radical (unpaired) electrons. The van der Waals surface area contributed by atoms with Gasteiger partial charge in [0.05, 0.1) is 0 Å². The highest BCUT2D eigenvalue weighted by Crippen LogP contribution is 1.97. The van der Waals surface area contributed by atoms with Gasteiger partial charge in [0.2, 0.25) is 0 Å². The van der Waals surface area contributed by atoms with E-state index in [0.29, 0.717) is 0 Å². The summed E-state index contributed by atoms with van der Waals surface area (Å²) >= 11 is 0. The molecular formula is C7H9NO. The van der Waals surface area contributed by atoms with E-state index in [1.165, 1.54) is 0 Å². The van der Waals surface area contributed by atoms with Gasteiger partial charge in [-0.3, -0.25) is 0 Å². The first-order valence-electron chi connectivity index (χ1n) is 2.83. The van der Waals surface area contributed by atoms with Crippen molar-refractivity contribution in [2.75, 3.05) is 0 Å². The van der Waals surface area contributed by atoms with Gasteiger partial charge in [0.15, 0.2) is 11.9 Å². The summed E-state index contributed by atoms with van der Waals surface area (Å²) in [5.74, 6) is 0.0584. The Kier molecular flexibility index (Phi) is 1.39. The number of nitrogens with zero attached hydrogens (tertiary/aromatic N) is 1. The van der Waals surface area contributed by atoms with E-state index in [0.717, 1.165) is 5.69 Å². The third kappa shape index (κ3) is 1.19. The molecule has 0 aromatic carbocycles. The lowest BCUT2D eigenvalue weighted by Crippen LogP contribution is -2.31. The Hall–Kier alpha value is -1.05. The summed E-state index contributed by atoms with van der Waals surface area (Å²) in [5.41, 5.74) is 1.09. The monoisotopic (exact) mass is 123 g/mol. The Labute approximate surface area is 54.4 Å². The molecule has 0 saturated carbocycles. The fourth-order valence-electron chi connectivity index (χ4n) is 0.656. The lowest BCUT2D eigenvalue weighted by molar-refractivity contribution is -0.680. The predicted molar refractivity (Wildman–Crippen MR) is 31.8 cm³/mol. The molecule has 2 heteroatoms. The average molecular weight is 123 g/mol. The molecule has 0 N–H and O–H groups in total. The molecule has 0 amide bonds. The van der Waals surface area contributed by atoms with Crippen LogP contribution in [0.4, 0.5) is 0 Å². The van der Waals surface area contributed by atoms with Crippen LogP contribution in [0.5, 0.6) is 5.75 Å². The zero-order chi connectivity index (χ0) is 6.85. The quantitative estimate of drug-likeness (QED) is 0.442. The van der Waals surface area contributed by atoms with Gasteiger partial charge in [-0.15, -0.1) is 0 Å². The zero-order valence-electron chi connectivity index (χ0n) is 5.59. The van der Waals surface area contributed by atoms with Crippen molar-refractivity contribution in [3.63, 3.8) is 0 Å². The minimum absolute atomic E-state index is 0.0584. The van der Waals surface area contributed by atoms with E-state index in [2.05, 4.69) is 0 Å². The topological polar surface area (TPSA) is 26.9 Å². The number of aromatic nitrogens is 1. The third-order valence-corrected chi connectivity index (χ3v) is 1.37. The standard InChI is InChI=1S/C7H9NO/c1-6-3-4-7(9)5-8(6)2/h3-5H,1-2H3. The largest absolute Gasteiger partial charge is 0.868 e. The second kappa shape index (κ2) is 2.05. The van der Waals surface area contributed by atoms with Crippen molar-refractivity contribution in [3.8, 4) is 5.75 Å². The maximum atomic E-state index is 10.6. The molecule has 0 bridgehead atoms. The Morgan fingerprint density at radius 1 is 1.44 bits per heavy atom. The Morgan fingerprint density at radius 3 is 2.56 bits per heavy atom. The van der Waals surface area contributed by atoms with E-state index >= 15 is 0 Å². The van der Waals surface area contributed by atoms with Gasteiger partial charge < -0.3 is 5.11 Å². The maximum absolute atomic E-state index is 10.6. The van der Waals surface area contributed by atoms with Gasteiger partial charge in [-0.25, -0.2) is 4.57 Å². The summed E-state index contributed by atoms with van der Waals surface area (Å²) < 4.78 is 1.81. The summed E-state index contributed by atoms with van der Waals surface area (Å²) in [4.78, 5) is 0. The highest BCUT2D eigenvalue weighted by Gasteiger charge is 1.94. The third-order valence-electron chi connectivity index (χ3n) is 1.37. The van der Waals surface area contributed by atoms with Crippen molar-refractivity contribution < 1.29 is 9.67 Å². The summed E-state index contributed by atoms with van der Waals surface area (Å²) in [7, 11) is 1.86. The van der Waals surface area contributed by atoms with Crippen LogP contribution in [0.3, 0.4) is 0 Å². The molecule has 1 aromatic heterocycles. The molecule has 0 atom stereocenters. The van der Waals surface area contributed by atoms with Crippen LogP contribution in [0, 0.1) is 6.92 Å². The maximum Gasteiger partial charge on any atom is 0.177 e. The summed E-state index contributed by atoms with van der Waals surface area (Å²) in [6, 6.07) is 3.37. The van der Waals surface area contributed by atoms with Crippen molar-refractivity contribution in [1.29, 1.82) is 0 Å². The van der Waals surface area contributed by atoms with Gasteiger partial charge in [-0.2, -0.15) is 0 Å². The number of hydrogen-bond acceptors (Lipinski definition) is 1. The molecule has 0 spiro atoms. The average Bonchev–Trinajstić information content (AvgIpc) is 1.80. The number of rotatable bonds is 0. The highest BCUT2D eigenvalue weighted by atomic mass is 16.3. The van der Waals surface area contributed by atoms with Crippen LogP contribution in [0.15, 0.2) is 18.3 Å². The normalized spacial score (nSPS) is 9.56. The minimum Gasteiger partial charge on any atom is -0.868 e. The van der Waals surface area contributed by atoms with Crippen LogP contribution >= 0.6 is 0 Å². The van der Waals surface area contributed by atoms with E-state index in [4.69, 9.17) is 0 Å². The number of pyridine rings is 1. The zero-order valence-corrected chi connectivity index (χ0v) is 5.59. The van der Waals surface area contributed by atoms with Gasteiger partial charge >= 0.3 is 0 Å². The minimum atomic E-state index is 0.0584. The van der Waals surface area contributed by atoms with Crippen molar-refractivity contribution in [1.82, 2.24) is 0 Å². The highest BCUT2D eigenvalue weighted by molar-refractivity contribution is 5.11. The van der Waals surface area contributed by atoms with E-state index in [1.807, 2.05) is 24.6 Å². The second-order valence-corrected chi connectivity index (χ2v) is 2.12. The number of aryl methyl sites for hydroxylation is 2. The number of hydrogen-bond donors (Lipinski definition) is 0. The van der Waals surface area contributed by atoms with E-state index in [1.54, 1.807) is 12.3 Å². The van der Waals surface area contributed by atoms with Crippen LogP contribution in [-0.2, 0) is 7.05 Å². The van der Waals surface area contributed by atoms with Crippen molar-refractivity contribution in [2.45, 2.75) is 6.92 Å². The first-order valence-corrected chi connectivity index (χ1v) is 2.83. The van der Waals surface area contributed by atoms with Gasteiger partial charge in [0.25, 0.3) is 0 Å². The van der Waals surface area contributed by atoms with Crippen molar-refractivity contribution >= 4 is 0 Å². The molecule has 1 rings (SSSR count). The van der Waals surface area contributed by atoms with Crippen molar-refractivity contribution in [3.05, 3.63) is 24.0 Å². The Balaban J connectivity index is 3.17. The molecular weight excluding hydrogens is 114 g/mol. The van der Waals surface area contributed by atoms with Gasteiger partial charge in [0, 0.05) is 13.0 Å². The van der Waals surface area contributed by atoms with Crippen LogP contribution < -0.4 is 9.67 Å². The predicted octanol–water partition coefficient (Wildman–Crippen LogP) is -0.107. The molecule has 1 aromatic rings. The SMILES string of the molecule is Cc1ccc([O-])c[n+]1C. The molecule has 9 heavy (non-hydrogen) atoms. The lowest BCUT2D eigenvalue weighted by atomic mass is 10.3. The van der Waals surface area contributed by atoms with Crippen molar-refractivity contribution in [2.24, 2.45) is 7.05 Å². The molecule has 0 aliphatic rings. The van der Waals surface area contributed by atoms with Gasteiger partial charge in [-0.05, 0) is 5.75 Å². The molecule has 0 aliphatic carbocycles. The molecule has 0 saturated heterocycles. The van der Waals surface area contributed by atoms with Gasteiger partial charge in [-0.1, -0.05) is 6.07 Å². The van der Waals surface area contributed by atoms with E-state index < -0.39 is 0 Å². The Morgan fingerprint density at radius 2 is 2.11 bits per heavy atom. The first kappa shape index (κ1) is 6.08. The first-order chi connectivity index (χ1) is 4.20.